The lowest BCUT2D eigenvalue weighted by Gasteiger charge is -2.14. The molecule has 4 nitrogen and oxygen atoms in total. The Morgan fingerprint density at radius 1 is 0.969 bits per heavy atom. The molecule has 4 rings (SSSR count). The van der Waals surface area contributed by atoms with Gasteiger partial charge < -0.3 is 10.1 Å². The number of anilines is 1. The Morgan fingerprint density at radius 2 is 1.69 bits per heavy atom. The van der Waals surface area contributed by atoms with E-state index in [1.54, 1.807) is 0 Å². The van der Waals surface area contributed by atoms with Crippen molar-refractivity contribution in [3.05, 3.63) is 94.3 Å². The predicted molar refractivity (Wildman–Crippen MR) is 137 cm³/mol. The number of aryl methyl sites for hydroxylation is 1. The smallest absolute Gasteiger partial charge is 0.269 e. The highest BCUT2D eigenvalue weighted by Gasteiger charge is 2.18. The van der Waals surface area contributed by atoms with Crippen molar-refractivity contribution >= 4 is 61.9 Å². The molecule has 0 aliphatic heterocycles. The monoisotopic (exact) mass is 480 g/mol. The fourth-order valence-electron chi connectivity index (χ4n) is 3.27. The second-order valence-corrected chi connectivity index (χ2v) is 8.92. The van der Waals surface area contributed by atoms with E-state index >= 15 is 0 Å². The van der Waals surface area contributed by atoms with Gasteiger partial charge in [0.15, 0.2) is 5.11 Å². The number of halogens is 1. The summed E-state index contributed by atoms with van der Waals surface area (Å²) in [6.07, 6.45) is 1.84. The fourth-order valence-corrected chi connectivity index (χ4v) is 4.89. The lowest BCUT2D eigenvalue weighted by Crippen LogP contribution is -2.33. The van der Waals surface area contributed by atoms with E-state index in [0.29, 0.717) is 27.9 Å². The molecule has 7 heteroatoms. The van der Waals surface area contributed by atoms with E-state index in [-0.39, 0.29) is 11.0 Å². The number of para-hydroxylation sites is 2. The van der Waals surface area contributed by atoms with Gasteiger partial charge in [-0.1, -0.05) is 72.3 Å². The molecule has 0 unspecified atom stereocenters. The van der Waals surface area contributed by atoms with Gasteiger partial charge in [-0.05, 0) is 48.8 Å². The number of thiocarbonyl (C=S) groups is 1. The van der Waals surface area contributed by atoms with Crippen molar-refractivity contribution in [2.75, 3.05) is 11.9 Å². The van der Waals surface area contributed by atoms with Crippen LogP contribution in [0.4, 0.5) is 5.69 Å². The highest BCUT2D eigenvalue weighted by molar-refractivity contribution is 7.80. The maximum atomic E-state index is 12.7. The van der Waals surface area contributed by atoms with Crippen LogP contribution in [-0.2, 0) is 6.42 Å². The van der Waals surface area contributed by atoms with Gasteiger partial charge in [-0.2, -0.15) is 0 Å². The number of hydrogen-bond donors (Lipinski definition) is 2. The molecule has 0 saturated heterocycles. The third-order valence-electron chi connectivity index (χ3n) is 4.81. The molecule has 1 aromatic heterocycles. The van der Waals surface area contributed by atoms with Crippen molar-refractivity contribution in [1.29, 1.82) is 0 Å². The van der Waals surface area contributed by atoms with Crippen molar-refractivity contribution in [1.82, 2.24) is 5.32 Å². The molecule has 0 saturated carbocycles. The van der Waals surface area contributed by atoms with Gasteiger partial charge >= 0.3 is 0 Å². The molecule has 162 valence electrons. The summed E-state index contributed by atoms with van der Waals surface area (Å²) < 4.78 is 6.91. The molecule has 2 N–H and O–H groups in total. The Bertz CT molecular complexity index is 1240. The maximum Gasteiger partial charge on any atom is 0.269 e. The summed E-state index contributed by atoms with van der Waals surface area (Å²) in [5.41, 5.74) is 1.98. The number of ether oxygens (including phenoxy) is 1. The van der Waals surface area contributed by atoms with Crippen LogP contribution in [0.25, 0.3) is 10.1 Å². The standard InChI is InChI=1S/C25H21ClN2O2S2/c26-22-18-12-4-7-15-21(18)32-23(22)24(29)28-25(31)27-19-13-5-6-14-20(19)30-16-8-11-17-9-2-1-3-10-17/h1-7,9-10,12-15H,8,11,16H2,(H2,27,28,29,31). The quantitative estimate of drug-likeness (QED) is 0.228. The zero-order valence-electron chi connectivity index (χ0n) is 17.1. The zero-order valence-corrected chi connectivity index (χ0v) is 19.5. The van der Waals surface area contributed by atoms with Gasteiger partial charge in [-0.15, -0.1) is 11.3 Å². The predicted octanol–water partition coefficient (Wildman–Crippen LogP) is 6.69. The Balaban J connectivity index is 1.34. The van der Waals surface area contributed by atoms with Crippen LogP contribution < -0.4 is 15.4 Å². The summed E-state index contributed by atoms with van der Waals surface area (Å²) in [6.45, 7) is 0.574. The van der Waals surface area contributed by atoms with E-state index in [2.05, 4.69) is 22.8 Å². The molecule has 0 radical (unpaired) electrons. The number of hydrogen-bond acceptors (Lipinski definition) is 4. The minimum Gasteiger partial charge on any atom is -0.491 e. The molecule has 0 aliphatic carbocycles. The number of amides is 1. The molecular formula is C25H21ClN2O2S2. The normalized spacial score (nSPS) is 10.7. The first-order chi connectivity index (χ1) is 15.6. The Morgan fingerprint density at radius 3 is 2.50 bits per heavy atom. The summed E-state index contributed by atoms with van der Waals surface area (Å²) in [5.74, 6) is 0.340. The van der Waals surface area contributed by atoms with Crippen LogP contribution in [0.15, 0.2) is 78.9 Å². The second-order valence-electron chi connectivity index (χ2n) is 7.08. The number of rotatable bonds is 7. The van der Waals surface area contributed by atoms with Crippen molar-refractivity contribution in [2.24, 2.45) is 0 Å². The number of carbonyl (C=O) groups excluding carboxylic acids is 1. The third kappa shape index (κ3) is 5.46. The molecule has 1 amide bonds. The number of fused-ring (bicyclic) bond motifs is 1. The highest BCUT2D eigenvalue weighted by atomic mass is 35.5. The van der Waals surface area contributed by atoms with Crippen molar-refractivity contribution in [3.8, 4) is 5.75 Å². The number of thiophene rings is 1. The Kier molecular flexibility index (Phi) is 7.37. The van der Waals surface area contributed by atoms with E-state index < -0.39 is 0 Å². The van der Waals surface area contributed by atoms with Gasteiger partial charge in [-0.25, -0.2) is 0 Å². The molecule has 0 fully saturated rings. The lowest BCUT2D eigenvalue weighted by atomic mass is 10.1. The summed E-state index contributed by atoms with van der Waals surface area (Å²) in [4.78, 5) is 13.2. The van der Waals surface area contributed by atoms with E-state index in [4.69, 9.17) is 28.6 Å². The molecule has 0 atom stereocenters. The molecule has 4 aromatic rings. The van der Waals surface area contributed by atoms with Gasteiger partial charge in [0.25, 0.3) is 5.91 Å². The van der Waals surface area contributed by atoms with Crippen LogP contribution in [-0.4, -0.2) is 17.6 Å². The average molecular weight is 481 g/mol. The second kappa shape index (κ2) is 10.6. The number of carbonyl (C=O) groups is 1. The van der Waals surface area contributed by atoms with Crippen LogP contribution in [0.3, 0.4) is 0 Å². The van der Waals surface area contributed by atoms with E-state index in [1.165, 1.54) is 16.9 Å². The maximum absolute atomic E-state index is 12.7. The van der Waals surface area contributed by atoms with Crippen LogP contribution in [0.1, 0.15) is 21.7 Å². The molecule has 3 aromatic carbocycles. The zero-order chi connectivity index (χ0) is 22.3. The van der Waals surface area contributed by atoms with Crippen molar-refractivity contribution in [3.63, 3.8) is 0 Å². The van der Waals surface area contributed by atoms with E-state index in [9.17, 15) is 4.79 Å². The molecular weight excluding hydrogens is 460 g/mol. The van der Waals surface area contributed by atoms with Crippen LogP contribution in [0, 0.1) is 0 Å². The van der Waals surface area contributed by atoms with Gasteiger partial charge in [0.2, 0.25) is 0 Å². The molecule has 32 heavy (non-hydrogen) atoms. The summed E-state index contributed by atoms with van der Waals surface area (Å²) in [5, 5.41) is 7.25. The lowest BCUT2D eigenvalue weighted by molar-refractivity contribution is 0.0982. The molecule has 0 bridgehead atoms. The highest BCUT2D eigenvalue weighted by Crippen LogP contribution is 2.35. The number of nitrogens with one attached hydrogen (secondary N) is 2. The fraction of sp³-hybridized carbons (Fsp3) is 0.120. The summed E-state index contributed by atoms with van der Waals surface area (Å²) in [7, 11) is 0. The minimum atomic E-state index is -0.338. The van der Waals surface area contributed by atoms with Gasteiger partial charge in [-0.3, -0.25) is 10.1 Å². The Labute approximate surface area is 201 Å². The van der Waals surface area contributed by atoms with Crippen LogP contribution in [0.2, 0.25) is 5.02 Å². The molecule has 0 spiro atoms. The van der Waals surface area contributed by atoms with Gasteiger partial charge in [0.1, 0.15) is 10.6 Å². The summed E-state index contributed by atoms with van der Waals surface area (Å²) in [6, 6.07) is 25.5. The van der Waals surface area contributed by atoms with Crippen molar-refractivity contribution < 1.29 is 9.53 Å². The SMILES string of the molecule is O=C(NC(=S)Nc1ccccc1OCCCc1ccccc1)c1sc2ccccc2c1Cl. The average Bonchev–Trinajstić information content (AvgIpc) is 3.15. The van der Waals surface area contributed by atoms with Gasteiger partial charge in [0.05, 0.1) is 17.3 Å². The minimum absolute atomic E-state index is 0.184. The number of benzene rings is 3. The van der Waals surface area contributed by atoms with Crippen LogP contribution >= 0.6 is 35.2 Å². The first-order valence-electron chi connectivity index (χ1n) is 10.2. The first-order valence-corrected chi connectivity index (χ1v) is 11.8. The van der Waals surface area contributed by atoms with E-state index in [1.807, 2.05) is 66.7 Å². The topological polar surface area (TPSA) is 50.4 Å². The van der Waals surface area contributed by atoms with Gasteiger partial charge in [0, 0.05) is 10.1 Å². The summed E-state index contributed by atoms with van der Waals surface area (Å²) >= 11 is 13.1. The molecule has 0 aliphatic rings. The van der Waals surface area contributed by atoms with Crippen LogP contribution in [0.5, 0.6) is 5.75 Å². The van der Waals surface area contributed by atoms with Crippen molar-refractivity contribution in [2.45, 2.75) is 12.8 Å². The molecule has 1 heterocycles. The largest absolute Gasteiger partial charge is 0.491 e. The Hall–Kier alpha value is -2.93. The first kappa shape index (κ1) is 22.3. The third-order valence-corrected chi connectivity index (χ3v) is 6.69. The van der Waals surface area contributed by atoms with E-state index in [0.717, 1.165) is 22.9 Å².